The molecule has 0 aromatic heterocycles. The summed E-state index contributed by atoms with van der Waals surface area (Å²) in [5.41, 5.74) is 0.939. The first-order valence-corrected chi connectivity index (χ1v) is 7.59. The Morgan fingerprint density at radius 1 is 1.30 bits per heavy atom. The van der Waals surface area contributed by atoms with Crippen LogP contribution in [0.5, 0.6) is 5.75 Å². The van der Waals surface area contributed by atoms with E-state index in [1.54, 1.807) is 7.11 Å². The highest BCUT2D eigenvalue weighted by atomic mass is 16.5. The number of carbonyl (C=O) groups excluding carboxylic acids is 1. The van der Waals surface area contributed by atoms with Gasteiger partial charge in [0.25, 0.3) is 0 Å². The van der Waals surface area contributed by atoms with Crippen molar-refractivity contribution in [2.24, 2.45) is 5.92 Å². The molecule has 0 saturated carbocycles. The molecule has 1 N–H and O–H groups in total. The molecular formula is C17H27NO2. The Labute approximate surface area is 122 Å². The molecule has 1 amide bonds. The van der Waals surface area contributed by atoms with Crippen molar-refractivity contribution < 1.29 is 9.53 Å². The molecule has 3 nitrogen and oxygen atoms in total. The van der Waals surface area contributed by atoms with E-state index in [0.717, 1.165) is 24.3 Å². The summed E-state index contributed by atoms with van der Waals surface area (Å²) in [6.07, 6.45) is 5.15. The van der Waals surface area contributed by atoms with Gasteiger partial charge < -0.3 is 10.1 Å². The van der Waals surface area contributed by atoms with Gasteiger partial charge in [-0.1, -0.05) is 51.3 Å². The Bertz CT molecular complexity index is 404. The van der Waals surface area contributed by atoms with E-state index in [1.807, 2.05) is 24.3 Å². The van der Waals surface area contributed by atoms with Gasteiger partial charge in [0, 0.05) is 12.1 Å². The minimum Gasteiger partial charge on any atom is -0.496 e. The molecule has 0 heterocycles. The minimum atomic E-state index is 0.0736. The van der Waals surface area contributed by atoms with Crippen LogP contribution in [0.3, 0.4) is 0 Å². The lowest BCUT2D eigenvalue weighted by Crippen LogP contribution is -2.30. The average molecular weight is 277 g/mol. The zero-order chi connectivity index (χ0) is 14.8. The van der Waals surface area contributed by atoms with Crippen LogP contribution >= 0.6 is 0 Å². The molecule has 20 heavy (non-hydrogen) atoms. The first kappa shape index (κ1) is 16.5. The molecule has 0 saturated heterocycles. The van der Waals surface area contributed by atoms with Crippen molar-refractivity contribution in [1.29, 1.82) is 0 Å². The Morgan fingerprint density at radius 2 is 2.05 bits per heavy atom. The van der Waals surface area contributed by atoms with Crippen LogP contribution in [-0.4, -0.2) is 19.6 Å². The van der Waals surface area contributed by atoms with Gasteiger partial charge in [0.1, 0.15) is 5.75 Å². The molecule has 1 rings (SSSR count). The molecule has 1 atom stereocenters. The Kier molecular flexibility index (Phi) is 7.78. The highest BCUT2D eigenvalue weighted by Crippen LogP contribution is 2.17. The SMILES string of the molecule is CCCCC(CC)CNC(=O)Cc1ccccc1OC. The highest BCUT2D eigenvalue weighted by Gasteiger charge is 2.10. The molecule has 1 unspecified atom stereocenters. The molecule has 1 aromatic carbocycles. The number of hydrogen-bond acceptors (Lipinski definition) is 2. The number of rotatable bonds is 9. The van der Waals surface area contributed by atoms with E-state index < -0.39 is 0 Å². The van der Waals surface area contributed by atoms with Crippen molar-refractivity contribution >= 4 is 5.91 Å². The topological polar surface area (TPSA) is 38.3 Å². The summed E-state index contributed by atoms with van der Waals surface area (Å²) in [6, 6.07) is 7.67. The summed E-state index contributed by atoms with van der Waals surface area (Å²) >= 11 is 0. The van der Waals surface area contributed by atoms with Crippen LogP contribution in [-0.2, 0) is 11.2 Å². The third-order valence-electron chi connectivity index (χ3n) is 3.67. The molecule has 0 fully saturated rings. The zero-order valence-electron chi connectivity index (χ0n) is 12.9. The van der Waals surface area contributed by atoms with Crippen molar-refractivity contribution in [2.45, 2.75) is 46.0 Å². The fourth-order valence-electron chi connectivity index (χ4n) is 2.29. The normalized spacial score (nSPS) is 11.9. The lowest BCUT2D eigenvalue weighted by Gasteiger charge is -2.15. The average Bonchev–Trinajstić information content (AvgIpc) is 2.48. The van der Waals surface area contributed by atoms with Gasteiger partial charge in [-0.15, -0.1) is 0 Å². The zero-order valence-corrected chi connectivity index (χ0v) is 12.9. The highest BCUT2D eigenvalue weighted by molar-refractivity contribution is 5.79. The molecule has 0 radical (unpaired) electrons. The fraction of sp³-hybridized carbons (Fsp3) is 0.588. The predicted octanol–water partition coefficient (Wildman–Crippen LogP) is 3.57. The second kappa shape index (κ2) is 9.40. The lowest BCUT2D eigenvalue weighted by atomic mass is 9.99. The number of methoxy groups -OCH3 is 1. The molecule has 0 spiro atoms. The number of hydrogen-bond donors (Lipinski definition) is 1. The number of unbranched alkanes of at least 4 members (excludes halogenated alkanes) is 1. The molecule has 0 aliphatic rings. The predicted molar refractivity (Wildman–Crippen MR) is 83.0 cm³/mol. The monoisotopic (exact) mass is 277 g/mol. The third kappa shape index (κ3) is 5.64. The van der Waals surface area contributed by atoms with Crippen LogP contribution in [0.4, 0.5) is 0 Å². The maximum absolute atomic E-state index is 12.0. The van der Waals surface area contributed by atoms with Crippen molar-refractivity contribution in [3.63, 3.8) is 0 Å². The second-order valence-corrected chi connectivity index (χ2v) is 5.21. The second-order valence-electron chi connectivity index (χ2n) is 5.21. The van der Waals surface area contributed by atoms with Crippen molar-refractivity contribution in [2.75, 3.05) is 13.7 Å². The van der Waals surface area contributed by atoms with Crippen LogP contribution < -0.4 is 10.1 Å². The number of benzene rings is 1. The quantitative estimate of drug-likeness (QED) is 0.749. The lowest BCUT2D eigenvalue weighted by molar-refractivity contribution is -0.120. The molecule has 0 bridgehead atoms. The minimum absolute atomic E-state index is 0.0736. The number of nitrogens with one attached hydrogen (secondary N) is 1. The van der Waals surface area contributed by atoms with Gasteiger partial charge in [-0.3, -0.25) is 4.79 Å². The summed E-state index contributed by atoms with van der Waals surface area (Å²) in [4.78, 5) is 12.0. The third-order valence-corrected chi connectivity index (χ3v) is 3.67. The van der Waals surface area contributed by atoms with Crippen molar-refractivity contribution in [1.82, 2.24) is 5.32 Å². The van der Waals surface area contributed by atoms with Crippen LogP contribution in [0.15, 0.2) is 24.3 Å². The Morgan fingerprint density at radius 3 is 2.70 bits per heavy atom. The van der Waals surface area contributed by atoms with Gasteiger partial charge in [0.05, 0.1) is 13.5 Å². The Hall–Kier alpha value is -1.51. The molecule has 0 aliphatic carbocycles. The standard InChI is InChI=1S/C17H27NO2/c1-4-6-9-14(5-2)13-18-17(19)12-15-10-7-8-11-16(15)20-3/h7-8,10-11,14H,4-6,9,12-13H2,1-3H3,(H,18,19). The summed E-state index contributed by atoms with van der Waals surface area (Å²) in [5, 5.41) is 3.05. The van der Waals surface area contributed by atoms with Gasteiger partial charge in [-0.25, -0.2) is 0 Å². The van der Waals surface area contributed by atoms with Gasteiger partial charge in [-0.2, -0.15) is 0 Å². The van der Waals surface area contributed by atoms with Crippen molar-refractivity contribution in [3.05, 3.63) is 29.8 Å². The van der Waals surface area contributed by atoms with Gasteiger partial charge in [0.2, 0.25) is 5.91 Å². The van der Waals surface area contributed by atoms with Crippen LogP contribution in [0.2, 0.25) is 0 Å². The van der Waals surface area contributed by atoms with Crippen LogP contribution in [0.1, 0.15) is 45.1 Å². The summed E-state index contributed by atoms with van der Waals surface area (Å²) in [6.45, 7) is 5.17. The maximum Gasteiger partial charge on any atom is 0.224 e. The van der Waals surface area contributed by atoms with E-state index in [0.29, 0.717) is 12.3 Å². The van der Waals surface area contributed by atoms with E-state index in [1.165, 1.54) is 19.3 Å². The first-order chi connectivity index (χ1) is 9.71. The van der Waals surface area contributed by atoms with E-state index in [2.05, 4.69) is 19.2 Å². The summed E-state index contributed by atoms with van der Waals surface area (Å²) in [7, 11) is 1.63. The van der Waals surface area contributed by atoms with Gasteiger partial charge in [-0.05, 0) is 18.4 Å². The molecule has 112 valence electrons. The van der Waals surface area contributed by atoms with Gasteiger partial charge in [0.15, 0.2) is 0 Å². The number of ether oxygens (including phenoxy) is 1. The number of para-hydroxylation sites is 1. The number of amides is 1. The molecular weight excluding hydrogens is 250 g/mol. The fourth-order valence-corrected chi connectivity index (χ4v) is 2.29. The molecule has 0 aliphatic heterocycles. The van der Waals surface area contributed by atoms with Crippen molar-refractivity contribution in [3.8, 4) is 5.75 Å². The molecule has 3 heteroatoms. The van der Waals surface area contributed by atoms with E-state index in [4.69, 9.17) is 4.74 Å². The molecule has 1 aromatic rings. The first-order valence-electron chi connectivity index (χ1n) is 7.59. The smallest absolute Gasteiger partial charge is 0.224 e. The summed E-state index contributed by atoms with van der Waals surface area (Å²) < 4.78 is 5.27. The van der Waals surface area contributed by atoms with E-state index in [9.17, 15) is 4.79 Å². The van der Waals surface area contributed by atoms with E-state index in [-0.39, 0.29) is 5.91 Å². The van der Waals surface area contributed by atoms with E-state index >= 15 is 0 Å². The largest absolute Gasteiger partial charge is 0.496 e. The Balaban J connectivity index is 2.43. The van der Waals surface area contributed by atoms with Gasteiger partial charge >= 0.3 is 0 Å². The van der Waals surface area contributed by atoms with Crippen LogP contribution in [0.25, 0.3) is 0 Å². The van der Waals surface area contributed by atoms with Crippen LogP contribution in [0, 0.1) is 5.92 Å². The summed E-state index contributed by atoms with van der Waals surface area (Å²) in [5.74, 6) is 1.45. The number of carbonyl (C=O) groups is 1. The maximum atomic E-state index is 12.0.